The van der Waals surface area contributed by atoms with Gasteiger partial charge in [0, 0.05) is 11.8 Å². The van der Waals surface area contributed by atoms with Gasteiger partial charge >= 0.3 is 5.97 Å². The number of aryl methyl sites for hydroxylation is 1. The van der Waals surface area contributed by atoms with E-state index in [4.69, 9.17) is 5.11 Å². The van der Waals surface area contributed by atoms with Crippen molar-refractivity contribution in [3.63, 3.8) is 0 Å². The number of hydrogen-bond acceptors (Lipinski definition) is 2. The Hall–Kier alpha value is -1.52. The van der Waals surface area contributed by atoms with Gasteiger partial charge in [-0.1, -0.05) is 0 Å². The highest BCUT2D eigenvalue weighted by atomic mass is 19.3. The van der Waals surface area contributed by atoms with Crippen LogP contribution in [-0.4, -0.2) is 16.1 Å². The highest BCUT2D eigenvalue weighted by molar-refractivity contribution is 5.70. The van der Waals surface area contributed by atoms with Gasteiger partial charge in [0.15, 0.2) is 0 Å². The van der Waals surface area contributed by atoms with Gasteiger partial charge < -0.3 is 5.11 Å². The Morgan fingerprint density at radius 1 is 1.64 bits per heavy atom. The molecule has 76 valence electrons. The monoisotopic (exact) mass is 201 g/mol. The lowest BCUT2D eigenvalue weighted by molar-refractivity contribution is -0.136. The molecule has 1 aromatic rings. The third-order valence-corrected chi connectivity index (χ3v) is 1.78. The molecule has 0 atom stereocenters. The number of nitrogens with zero attached hydrogens (tertiary/aromatic N) is 1. The van der Waals surface area contributed by atoms with Crippen LogP contribution in [0.15, 0.2) is 12.3 Å². The minimum Gasteiger partial charge on any atom is -0.481 e. The summed E-state index contributed by atoms with van der Waals surface area (Å²) >= 11 is 0. The predicted molar refractivity (Wildman–Crippen MR) is 45.3 cm³/mol. The molecular formula is C9H9F2NO2. The molecule has 1 N–H and O–H groups in total. The van der Waals surface area contributed by atoms with Crippen molar-refractivity contribution in [3.8, 4) is 0 Å². The molecule has 14 heavy (non-hydrogen) atoms. The standard InChI is InChI=1S/C9H9F2NO2/c1-5-2-6(9(10)11)4-12-7(5)3-8(13)14/h2,4,9H,3H2,1H3,(H,13,14). The van der Waals surface area contributed by atoms with Crippen molar-refractivity contribution in [2.45, 2.75) is 19.8 Å². The summed E-state index contributed by atoms with van der Waals surface area (Å²) in [7, 11) is 0. The molecule has 0 fully saturated rings. The Morgan fingerprint density at radius 2 is 2.29 bits per heavy atom. The number of rotatable bonds is 3. The summed E-state index contributed by atoms with van der Waals surface area (Å²) in [5.41, 5.74) is 0.615. The summed E-state index contributed by atoms with van der Waals surface area (Å²) in [5.74, 6) is -1.02. The molecule has 0 amide bonds. The average molecular weight is 201 g/mol. The van der Waals surface area contributed by atoms with E-state index < -0.39 is 12.4 Å². The maximum absolute atomic E-state index is 12.2. The molecule has 0 saturated carbocycles. The Kier molecular flexibility index (Phi) is 3.11. The third kappa shape index (κ3) is 2.48. The van der Waals surface area contributed by atoms with Crippen molar-refractivity contribution in [3.05, 3.63) is 29.1 Å². The molecule has 0 radical (unpaired) electrons. The minimum absolute atomic E-state index is 0.184. The zero-order valence-corrected chi connectivity index (χ0v) is 7.50. The first-order chi connectivity index (χ1) is 6.50. The van der Waals surface area contributed by atoms with Crippen LogP contribution < -0.4 is 0 Å². The molecule has 3 nitrogen and oxygen atoms in total. The topological polar surface area (TPSA) is 50.2 Å². The van der Waals surface area contributed by atoms with E-state index in [1.54, 1.807) is 6.92 Å². The van der Waals surface area contributed by atoms with E-state index in [1.807, 2.05) is 0 Å². The van der Waals surface area contributed by atoms with E-state index in [0.717, 1.165) is 6.20 Å². The van der Waals surface area contributed by atoms with E-state index in [9.17, 15) is 13.6 Å². The van der Waals surface area contributed by atoms with E-state index in [-0.39, 0.29) is 12.0 Å². The lowest BCUT2D eigenvalue weighted by Crippen LogP contribution is -2.05. The van der Waals surface area contributed by atoms with Crippen LogP contribution in [0, 0.1) is 6.92 Å². The maximum Gasteiger partial charge on any atom is 0.309 e. The number of carbonyl (C=O) groups is 1. The summed E-state index contributed by atoms with van der Waals surface area (Å²) in [5, 5.41) is 8.48. The maximum atomic E-state index is 12.2. The molecule has 1 rings (SSSR count). The average Bonchev–Trinajstić information content (AvgIpc) is 2.07. The second-order valence-corrected chi connectivity index (χ2v) is 2.90. The molecule has 0 aromatic carbocycles. The van der Waals surface area contributed by atoms with Gasteiger partial charge in [-0.2, -0.15) is 0 Å². The Balaban J connectivity index is 2.95. The molecule has 1 aromatic heterocycles. The molecule has 0 spiro atoms. The van der Waals surface area contributed by atoms with Crippen LogP contribution in [0.4, 0.5) is 8.78 Å². The number of halogens is 2. The normalized spacial score (nSPS) is 10.6. The SMILES string of the molecule is Cc1cc(C(F)F)cnc1CC(=O)O. The van der Waals surface area contributed by atoms with Gasteiger partial charge in [-0.15, -0.1) is 0 Å². The number of carboxylic acids is 1. The van der Waals surface area contributed by atoms with Crippen molar-refractivity contribution in [2.75, 3.05) is 0 Å². The third-order valence-electron chi connectivity index (χ3n) is 1.78. The lowest BCUT2D eigenvalue weighted by atomic mass is 10.1. The van der Waals surface area contributed by atoms with Crippen molar-refractivity contribution in [2.24, 2.45) is 0 Å². The van der Waals surface area contributed by atoms with E-state index in [2.05, 4.69) is 4.98 Å². The van der Waals surface area contributed by atoms with Gasteiger partial charge in [-0.05, 0) is 18.6 Å². The van der Waals surface area contributed by atoms with E-state index >= 15 is 0 Å². The Labute approximate surface area is 79.4 Å². The minimum atomic E-state index is -2.57. The van der Waals surface area contributed by atoms with Crippen molar-refractivity contribution >= 4 is 5.97 Å². The Morgan fingerprint density at radius 3 is 2.71 bits per heavy atom. The van der Waals surface area contributed by atoms with Gasteiger partial charge in [-0.3, -0.25) is 9.78 Å². The van der Waals surface area contributed by atoms with Crippen LogP contribution in [0.25, 0.3) is 0 Å². The van der Waals surface area contributed by atoms with Gasteiger partial charge in [0.2, 0.25) is 0 Å². The fourth-order valence-corrected chi connectivity index (χ4v) is 1.07. The summed E-state index contributed by atoms with van der Waals surface area (Å²) in [6.07, 6.45) is -1.80. The lowest BCUT2D eigenvalue weighted by Gasteiger charge is -2.04. The van der Waals surface area contributed by atoms with Crippen molar-refractivity contribution in [1.29, 1.82) is 0 Å². The fraction of sp³-hybridized carbons (Fsp3) is 0.333. The molecule has 0 aliphatic heterocycles. The molecule has 1 heterocycles. The predicted octanol–water partition coefficient (Wildman–Crippen LogP) is 1.95. The van der Waals surface area contributed by atoms with Crippen LogP contribution >= 0.6 is 0 Å². The number of carboxylic acid groups (broad SMARTS) is 1. The van der Waals surface area contributed by atoms with E-state index in [0.29, 0.717) is 11.3 Å². The number of alkyl halides is 2. The quantitative estimate of drug-likeness (QED) is 0.813. The molecule has 0 aliphatic carbocycles. The zero-order valence-electron chi connectivity index (χ0n) is 7.50. The summed E-state index contributed by atoms with van der Waals surface area (Å²) < 4.78 is 24.4. The highest BCUT2D eigenvalue weighted by Gasteiger charge is 2.11. The first-order valence-electron chi connectivity index (χ1n) is 3.96. The molecule has 0 aliphatic rings. The van der Waals surface area contributed by atoms with Crippen LogP contribution in [0.5, 0.6) is 0 Å². The van der Waals surface area contributed by atoms with Crippen molar-refractivity contribution < 1.29 is 18.7 Å². The van der Waals surface area contributed by atoms with Gasteiger partial charge in [0.05, 0.1) is 12.1 Å². The Bertz CT molecular complexity index is 353. The zero-order chi connectivity index (χ0) is 10.7. The summed E-state index contributed by atoms with van der Waals surface area (Å²) in [6, 6.07) is 1.26. The number of aliphatic carboxylic acids is 1. The van der Waals surface area contributed by atoms with Crippen LogP contribution in [0.3, 0.4) is 0 Å². The second kappa shape index (κ2) is 4.13. The summed E-state index contributed by atoms with van der Waals surface area (Å²) in [4.78, 5) is 14.0. The molecular weight excluding hydrogens is 192 g/mol. The summed E-state index contributed by atoms with van der Waals surface area (Å²) in [6.45, 7) is 1.57. The first-order valence-corrected chi connectivity index (χ1v) is 3.96. The molecule has 0 bridgehead atoms. The smallest absolute Gasteiger partial charge is 0.309 e. The number of hydrogen-bond donors (Lipinski definition) is 1. The largest absolute Gasteiger partial charge is 0.481 e. The molecule has 5 heteroatoms. The molecule has 0 unspecified atom stereocenters. The van der Waals surface area contributed by atoms with Crippen LogP contribution in [0.1, 0.15) is 23.2 Å². The van der Waals surface area contributed by atoms with Crippen LogP contribution in [0.2, 0.25) is 0 Å². The fourth-order valence-electron chi connectivity index (χ4n) is 1.07. The van der Waals surface area contributed by atoms with Gasteiger partial charge in [-0.25, -0.2) is 8.78 Å². The second-order valence-electron chi connectivity index (χ2n) is 2.90. The first kappa shape index (κ1) is 10.6. The highest BCUT2D eigenvalue weighted by Crippen LogP contribution is 2.19. The van der Waals surface area contributed by atoms with Gasteiger partial charge in [0.25, 0.3) is 6.43 Å². The molecule has 0 saturated heterocycles. The van der Waals surface area contributed by atoms with Crippen LogP contribution in [-0.2, 0) is 11.2 Å². The number of pyridine rings is 1. The number of aromatic nitrogens is 1. The van der Waals surface area contributed by atoms with Gasteiger partial charge in [0.1, 0.15) is 0 Å². The van der Waals surface area contributed by atoms with E-state index in [1.165, 1.54) is 6.07 Å². The van der Waals surface area contributed by atoms with Crippen molar-refractivity contribution in [1.82, 2.24) is 4.98 Å².